The molecular weight excluding hydrogens is 326 g/mol. The second kappa shape index (κ2) is 7.33. The molecule has 22 heavy (non-hydrogen) atoms. The van der Waals surface area contributed by atoms with Crippen molar-refractivity contribution in [3.8, 4) is 0 Å². The molecule has 0 aliphatic heterocycles. The van der Waals surface area contributed by atoms with Crippen LogP contribution in [-0.4, -0.2) is 38.3 Å². The van der Waals surface area contributed by atoms with Gasteiger partial charge in [-0.3, -0.25) is 0 Å². The van der Waals surface area contributed by atoms with Crippen LogP contribution < -0.4 is 0 Å². The highest BCUT2D eigenvalue weighted by Crippen LogP contribution is 2.26. The van der Waals surface area contributed by atoms with Gasteiger partial charge in [0, 0.05) is 17.7 Å². The van der Waals surface area contributed by atoms with Gasteiger partial charge in [0.05, 0.1) is 11.8 Å². The number of amides is 1. The van der Waals surface area contributed by atoms with Crippen LogP contribution in [0, 0.1) is 5.41 Å². The van der Waals surface area contributed by atoms with E-state index >= 15 is 0 Å². The Morgan fingerprint density at radius 2 is 1.82 bits per heavy atom. The van der Waals surface area contributed by atoms with Crippen LogP contribution in [-0.2, 0) is 20.4 Å². The second-order valence-corrected chi connectivity index (χ2v) is 9.06. The molecule has 0 radical (unpaired) electrons. The molecule has 1 aromatic rings. The second-order valence-electron chi connectivity index (χ2n) is 6.24. The quantitative estimate of drug-likeness (QED) is 0.767. The molecule has 1 amide bonds. The van der Waals surface area contributed by atoms with Gasteiger partial charge < -0.3 is 9.64 Å². The van der Waals surface area contributed by atoms with Gasteiger partial charge in [-0.15, -0.1) is 0 Å². The summed E-state index contributed by atoms with van der Waals surface area (Å²) in [5.41, 5.74) is 0.407. The number of nitrogens with zero attached hydrogens (tertiary/aromatic N) is 1. The number of benzene rings is 1. The molecular formula is C15H22ClNO4S. The molecule has 124 valence electrons. The SMILES string of the molecule is CN(C(=O)OCc1ccccc1)C(CS(=O)(=O)Cl)C(C)(C)C. The van der Waals surface area contributed by atoms with Crippen LogP contribution in [0.25, 0.3) is 0 Å². The first kappa shape index (κ1) is 18.8. The zero-order valence-electron chi connectivity index (χ0n) is 13.2. The topological polar surface area (TPSA) is 63.7 Å². The Bertz CT molecular complexity index is 596. The molecule has 1 rings (SSSR count). The Kier molecular flexibility index (Phi) is 6.26. The van der Waals surface area contributed by atoms with Crippen molar-refractivity contribution in [3.63, 3.8) is 0 Å². The molecule has 0 saturated heterocycles. The van der Waals surface area contributed by atoms with Crippen LogP contribution >= 0.6 is 10.7 Å². The Hall–Kier alpha value is -1.27. The average molecular weight is 348 g/mol. The lowest BCUT2D eigenvalue weighted by Crippen LogP contribution is -2.48. The fourth-order valence-corrected chi connectivity index (χ4v) is 3.54. The maximum atomic E-state index is 12.2. The Balaban J connectivity index is 2.76. The highest BCUT2D eigenvalue weighted by molar-refractivity contribution is 8.13. The third kappa shape index (κ3) is 6.23. The van der Waals surface area contributed by atoms with Crippen molar-refractivity contribution in [2.24, 2.45) is 5.41 Å². The van der Waals surface area contributed by atoms with Gasteiger partial charge in [-0.05, 0) is 11.0 Å². The lowest BCUT2D eigenvalue weighted by molar-refractivity contribution is 0.0716. The van der Waals surface area contributed by atoms with Gasteiger partial charge >= 0.3 is 6.09 Å². The van der Waals surface area contributed by atoms with Crippen molar-refractivity contribution in [2.75, 3.05) is 12.8 Å². The molecule has 0 fully saturated rings. The van der Waals surface area contributed by atoms with Crippen LogP contribution in [0.2, 0.25) is 0 Å². The summed E-state index contributed by atoms with van der Waals surface area (Å²) in [5.74, 6) is -0.324. The van der Waals surface area contributed by atoms with E-state index in [1.54, 1.807) is 0 Å². The lowest BCUT2D eigenvalue weighted by atomic mass is 9.87. The van der Waals surface area contributed by atoms with Gasteiger partial charge in [0.2, 0.25) is 9.05 Å². The molecule has 1 unspecified atom stereocenters. The van der Waals surface area contributed by atoms with Gasteiger partial charge in [-0.2, -0.15) is 0 Å². The molecule has 0 heterocycles. The summed E-state index contributed by atoms with van der Waals surface area (Å²) in [6, 6.07) is 8.68. The summed E-state index contributed by atoms with van der Waals surface area (Å²) >= 11 is 0. The van der Waals surface area contributed by atoms with Crippen molar-refractivity contribution < 1.29 is 17.9 Å². The summed E-state index contributed by atoms with van der Waals surface area (Å²) in [5, 5.41) is 0. The van der Waals surface area contributed by atoms with E-state index < -0.39 is 26.6 Å². The van der Waals surface area contributed by atoms with Gasteiger partial charge in [0.25, 0.3) is 0 Å². The first-order valence-corrected chi connectivity index (χ1v) is 9.34. The Morgan fingerprint density at radius 3 is 2.27 bits per heavy atom. The van der Waals surface area contributed by atoms with E-state index in [-0.39, 0.29) is 12.4 Å². The van der Waals surface area contributed by atoms with E-state index in [9.17, 15) is 13.2 Å². The van der Waals surface area contributed by atoms with Crippen molar-refractivity contribution >= 4 is 25.8 Å². The number of hydrogen-bond donors (Lipinski definition) is 0. The summed E-state index contributed by atoms with van der Waals surface area (Å²) in [7, 11) is 3.14. The van der Waals surface area contributed by atoms with E-state index in [2.05, 4.69) is 0 Å². The molecule has 5 nitrogen and oxygen atoms in total. The maximum Gasteiger partial charge on any atom is 0.410 e. The number of ether oxygens (including phenoxy) is 1. The monoisotopic (exact) mass is 347 g/mol. The van der Waals surface area contributed by atoms with Gasteiger partial charge in [-0.25, -0.2) is 13.2 Å². The summed E-state index contributed by atoms with van der Waals surface area (Å²) in [6.07, 6.45) is -0.580. The zero-order valence-corrected chi connectivity index (χ0v) is 14.8. The number of rotatable bonds is 5. The van der Waals surface area contributed by atoms with E-state index in [1.165, 1.54) is 11.9 Å². The van der Waals surface area contributed by atoms with Gasteiger partial charge in [-0.1, -0.05) is 51.1 Å². The summed E-state index contributed by atoms with van der Waals surface area (Å²) in [6.45, 7) is 5.68. The maximum absolute atomic E-state index is 12.2. The fourth-order valence-electron chi connectivity index (χ4n) is 2.08. The smallest absolute Gasteiger partial charge is 0.410 e. The molecule has 0 bridgehead atoms. The molecule has 7 heteroatoms. The fraction of sp³-hybridized carbons (Fsp3) is 0.533. The molecule has 0 aromatic heterocycles. The number of hydrogen-bond acceptors (Lipinski definition) is 4. The summed E-state index contributed by atoms with van der Waals surface area (Å²) in [4.78, 5) is 13.5. The minimum Gasteiger partial charge on any atom is -0.445 e. The minimum atomic E-state index is -3.73. The predicted molar refractivity (Wildman–Crippen MR) is 87.3 cm³/mol. The molecule has 1 atom stereocenters. The van der Waals surface area contributed by atoms with Crippen LogP contribution in [0.4, 0.5) is 4.79 Å². The third-order valence-corrected chi connectivity index (χ3v) is 4.41. The average Bonchev–Trinajstić information content (AvgIpc) is 2.40. The molecule has 0 saturated carbocycles. The predicted octanol–water partition coefficient (Wildman–Crippen LogP) is 3.24. The summed E-state index contributed by atoms with van der Waals surface area (Å²) < 4.78 is 28.0. The van der Waals surface area contributed by atoms with Crippen molar-refractivity contribution in [1.82, 2.24) is 4.90 Å². The van der Waals surface area contributed by atoms with Crippen molar-refractivity contribution in [1.29, 1.82) is 0 Å². The van der Waals surface area contributed by atoms with Crippen molar-refractivity contribution in [2.45, 2.75) is 33.4 Å². The highest BCUT2D eigenvalue weighted by atomic mass is 35.7. The largest absolute Gasteiger partial charge is 0.445 e. The van der Waals surface area contributed by atoms with Crippen LogP contribution in [0.15, 0.2) is 30.3 Å². The number of halogens is 1. The van der Waals surface area contributed by atoms with Crippen LogP contribution in [0.5, 0.6) is 0 Å². The standard InChI is InChI=1S/C15H22ClNO4S/c1-15(2,3)13(11-22(16,19)20)17(4)14(18)21-10-12-8-6-5-7-9-12/h5-9,13H,10-11H2,1-4H3. The zero-order chi connectivity index (χ0) is 17.0. The van der Waals surface area contributed by atoms with Gasteiger partial charge in [0.1, 0.15) is 6.61 Å². The minimum absolute atomic E-state index is 0.133. The van der Waals surface area contributed by atoms with E-state index in [1.807, 2.05) is 51.1 Å². The molecule has 0 N–H and O–H groups in total. The number of carbonyl (C=O) groups excluding carboxylic acids is 1. The molecule has 0 spiro atoms. The highest BCUT2D eigenvalue weighted by Gasteiger charge is 2.35. The normalized spacial score (nSPS) is 13.5. The first-order valence-electron chi connectivity index (χ1n) is 6.86. The van der Waals surface area contributed by atoms with Crippen LogP contribution in [0.1, 0.15) is 26.3 Å². The van der Waals surface area contributed by atoms with E-state index in [4.69, 9.17) is 15.4 Å². The lowest BCUT2D eigenvalue weighted by Gasteiger charge is -2.36. The first-order chi connectivity index (χ1) is 10.0. The Labute approximate surface area is 136 Å². The third-order valence-electron chi connectivity index (χ3n) is 3.32. The molecule has 0 aliphatic carbocycles. The Morgan fingerprint density at radius 1 is 1.27 bits per heavy atom. The van der Waals surface area contributed by atoms with E-state index in [0.717, 1.165) is 5.56 Å². The van der Waals surface area contributed by atoms with Crippen LogP contribution in [0.3, 0.4) is 0 Å². The molecule has 0 aliphatic rings. The number of carbonyl (C=O) groups is 1. The van der Waals surface area contributed by atoms with Gasteiger partial charge in [0.15, 0.2) is 0 Å². The van der Waals surface area contributed by atoms with E-state index in [0.29, 0.717) is 0 Å². The molecule has 1 aromatic carbocycles. The van der Waals surface area contributed by atoms with Crippen molar-refractivity contribution in [3.05, 3.63) is 35.9 Å².